The first kappa shape index (κ1) is 20.8. The van der Waals surface area contributed by atoms with Gasteiger partial charge in [0.2, 0.25) is 17.7 Å². The molecule has 0 radical (unpaired) electrons. The minimum absolute atomic E-state index is 0.0956. The van der Waals surface area contributed by atoms with Crippen molar-refractivity contribution in [2.75, 3.05) is 19.6 Å². The third-order valence-electron chi connectivity index (χ3n) is 5.60. The van der Waals surface area contributed by atoms with E-state index in [2.05, 4.69) is 15.5 Å². The number of benzene rings is 2. The Labute approximate surface area is 181 Å². The molecule has 2 heterocycles. The summed E-state index contributed by atoms with van der Waals surface area (Å²) in [5.74, 6) is 1.14. The van der Waals surface area contributed by atoms with Gasteiger partial charge in [0.25, 0.3) is 5.91 Å². The average molecular weight is 418 g/mol. The summed E-state index contributed by atoms with van der Waals surface area (Å²) in [5, 5.41) is 11.3. The highest BCUT2D eigenvalue weighted by molar-refractivity contribution is 5.94. The molecule has 1 aliphatic heterocycles. The normalized spacial score (nSPS) is 16.2. The molecular weight excluding hydrogens is 392 g/mol. The molecule has 1 aromatic heterocycles. The number of carbonyl (C=O) groups excluding carboxylic acids is 2. The number of nitrogens with zero attached hydrogens (tertiary/aromatic N) is 3. The summed E-state index contributed by atoms with van der Waals surface area (Å²) < 4.78 is 5.81. The summed E-state index contributed by atoms with van der Waals surface area (Å²) in [6.07, 6.45) is 1.99. The summed E-state index contributed by atoms with van der Waals surface area (Å²) in [6.45, 7) is 5.68. The van der Waals surface area contributed by atoms with E-state index in [9.17, 15) is 9.59 Å². The van der Waals surface area contributed by atoms with Gasteiger partial charge < -0.3 is 14.6 Å². The van der Waals surface area contributed by atoms with E-state index in [0.29, 0.717) is 36.4 Å². The van der Waals surface area contributed by atoms with Crippen molar-refractivity contribution in [2.45, 2.75) is 26.7 Å². The number of likely N-dealkylation sites (tertiary alicyclic amines) is 1. The quantitative estimate of drug-likeness (QED) is 0.683. The molecule has 0 aliphatic carbocycles. The van der Waals surface area contributed by atoms with Gasteiger partial charge in [0.15, 0.2) is 0 Å². The maximum absolute atomic E-state index is 12.5. The molecule has 3 aromatic rings. The second-order valence-electron chi connectivity index (χ2n) is 8.04. The van der Waals surface area contributed by atoms with Gasteiger partial charge in [-0.3, -0.25) is 9.59 Å². The Morgan fingerprint density at radius 2 is 1.84 bits per heavy atom. The number of hydrogen-bond donors (Lipinski definition) is 1. The molecule has 2 aromatic carbocycles. The summed E-state index contributed by atoms with van der Waals surface area (Å²) >= 11 is 0. The molecular formula is C24H26N4O3. The molecule has 1 aliphatic rings. The monoisotopic (exact) mass is 418 g/mol. The van der Waals surface area contributed by atoms with Crippen molar-refractivity contribution < 1.29 is 14.0 Å². The first-order chi connectivity index (χ1) is 15.0. The Morgan fingerprint density at radius 1 is 1.10 bits per heavy atom. The van der Waals surface area contributed by atoms with Gasteiger partial charge in [-0.15, -0.1) is 10.2 Å². The van der Waals surface area contributed by atoms with E-state index in [4.69, 9.17) is 4.42 Å². The second-order valence-corrected chi connectivity index (χ2v) is 8.04. The summed E-state index contributed by atoms with van der Waals surface area (Å²) in [6, 6.07) is 15.0. The third kappa shape index (κ3) is 4.99. The van der Waals surface area contributed by atoms with Crippen molar-refractivity contribution in [1.82, 2.24) is 20.4 Å². The Morgan fingerprint density at radius 3 is 2.55 bits per heavy atom. The minimum Gasteiger partial charge on any atom is -0.416 e. The number of aromatic nitrogens is 2. The van der Waals surface area contributed by atoms with Crippen LogP contribution in [-0.4, -0.2) is 46.5 Å². The molecule has 31 heavy (non-hydrogen) atoms. The van der Waals surface area contributed by atoms with E-state index in [0.717, 1.165) is 36.1 Å². The first-order valence-electron chi connectivity index (χ1n) is 10.5. The smallest absolute Gasteiger partial charge is 0.251 e. The number of nitrogens with one attached hydrogen (secondary N) is 1. The molecule has 4 rings (SSSR count). The maximum atomic E-state index is 12.5. The highest BCUT2D eigenvalue weighted by Gasteiger charge is 2.22. The number of carbonyl (C=O) groups is 2. The number of aryl methyl sites for hydroxylation is 1. The lowest BCUT2D eigenvalue weighted by molar-refractivity contribution is -0.130. The van der Waals surface area contributed by atoms with Crippen LogP contribution in [0.5, 0.6) is 0 Å². The molecule has 7 nitrogen and oxygen atoms in total. The van der Waals surface area contributed by atoms with Crippen LogP contribution in [0.2, 0.25) is 0 Å². The van der Waals surface area contributed by atoms with Crippen molar-refractivity contribution in [3.05, 3.63) is 59.7 Å². The standard InChI is InChI=1S/C24H26N4O3/c1-16-5-3-7-21(13-16)24-27-26-23(31-24)20-10-8-19(9-11-20)22(30)25-14-18-6-4-12-28(15-18)17(2)29/h3,5,7-11,13,18H,4,6,12,14-15H2,1-2H3,(H,25,30)/t18-/m1/s1. The van der Waals surface area contributed by atoms with Crippen molar-refractivity contribution in [3.8, 4) is 22.9 Å². The van der Waals surface area contributed by atoms with Gasteiger partial charge >= 0.3 is 0 Å². The van der Waals surface area contributed by atoms with Crippen LogP contribution < -0.4 is 5.32 Å². The van der Waals surface area contributed by atoms with Gasteiger partial charge in [-0.2, -0.15) is 0 Å². The number of amides is 2. The molecule has 0 spiro atoms. The van der Waals surface area contributed by atoms with Crippen molar-refractivity contribution >= 4 is 11.8 Å². The maximum Gasteiger partial charge on any atom is 0.251 e. The van der Waals surface area contributed by atoms with Crippen LogP contribution in [0.25, 0.3) is 22.9 Å². The predicted molar refractivity (Wildman–Crippen MR) is 117 cm³/mol. The van der Waals surface area contributed by atoms with Crippen LogP contribution in [0.4, 0.5) is 0 Å². The molecule has 160 valence electrons. The van der Waals surface area contributed by atoms with Crippen LogP contribution in [0.15, 0.2) is 52.9 Å². The van der Waals surface area contributed by atoms with Crippen molar-refractivity contribution in [1.29, 1.82) is 0 Å². The van der Waals surface area contributed by atoms with Gasteiger partial charge in [-0.1, -0.05) is 17.7 Å². The molecule has 0 bridgehead atoms. The van der Waals surface area contributed by atoms with Crippen LogP contribution in [0.1, 0.15) is 35.7 Å². The molecule has 1 atom stereocenters. The highest BCUT2D eigenvalue weighted by Crippen LogP contribution is 2.24. The average Bonchev–Trinajstić information content (AvgIpc) is 3.28. The van der Waals surface area contributed by atoms with Gasteiger partial charge in [0, 0.05) is 43.2 Å². The van der Waals surface area contributed by atoms with E-state index in [-0.39, 0.29) is 11.8 Å². The van der Waals surface area contributed by atoms with E-state index in [1.54, 1.807) is 31.2 Å². The van der Waals surface area contributed by atoms with Crippen molar-refractivity contribution in [3.63, 3.8) is 0 Å². The number of hydrogen-bond acceptors (Lipinski definition) is 5. The lowest BCUT2D eigenvalue weighted by Crippen LogP contribution is -2.42. The topological polar surface area (TPSA) is 88.3 Å². The van der Waals surface area contributed by atoms with Gasteiger partial charge in [0.05, 0.1) is 0 Å². The van der Waals surface area contributed by atoms with Crippen LogP contribution in [0.3, 0.4) is 0 Å². The Kier molecular flexibility index (Phi) is 6.11. The SMILES string of the molecule is CC(=O)N1CCC[C@H](CNC(=O)c2ccc(-c3nnc(-c4cccc(C)c4)o3)cc2)C1. The Balaban J connectivity index is 1.37. The molecule has 0 saturated carbocycles. The van der Waals surface area contributed by atoms with E-state index in [1.165, 1.54) is 0 Å². The molecule has 2 amide bonds. The summed E-state index contributed by atoms with van der Waals surface area (Å²) in [5.41, 5.74) is 3.32. The Hall–Kier alpha value is -3.48. The van der Waals surface area contributed by atoms with Gasteiger partial charge in [-0.05, 0) is 62.1 Å². The fourth-order valence-electron chi connectivity index (χ4n) is 3.86. The molecule has 1 fully saturated rings. The fraction of sp³-hybridized carbons (Fsp3) is 0.333. The zero-order valence-electron chi connectivity index (χ0n) is 17.8. The van der Waals surface area contributed by atoms with Gasteiger partial charge in [-0.25, -0.2) is 0 Å². The molecule has 7 heteroatoms. The summed E-state index contributed by atoms with van der Waals surface area (Å²) in [7, 11) is 0. The summed E-state index contributed by atoms with van der Waals surface area (Å²) in [4.78, 5) is 26.0. The highest BCUT2D eigenvalue weighted by atomic mass is 16.4. The first-order valence-corrected chi connectivity index (χ1v) is 10.5. The van der Waals surface area contributed by atoms with Crippen LogP contribution in [0, 0.1) is 12.8 Å². The zero-order valence-corrected chi connectivity index (χ0v) is 17.8. The van der Waals surface area contributed by atoms with E-state index >= 15 is 0 Å². The van der Waals surface area contributed by atoms with E-state index in [1.807, 2.05) is 36.1 Å². The number of rotatable bonds is 5. The Bertz CT molecular complexity index is 1070. The van der Waals surface area contributed by atoms with Gasteiger partial charge in [0.1, 0.15) is 0 Å². The van der Waals surface area contributed by atoms with Crippen LogP contribution >= 0.6 is 0 Å². The molecule has 1 N–H and O–H groups in total. The second kappa shape index (κ2) is 9.12. The lowest BCUT2D eigenvalue weighted by atomic mass is 9.98. The van der Waals surface area contributed by atoms with E-state index < -0.39 is 0 Å². The minimum atomic E-state index is -0.127. The largest absolute Gasteiger partial charge is 0.416 e. The predicted octanol–water partition coefficient (Wildman–Crippen LogP) is 3.70. The molecule has 1 saturated heterocycles. The zero-order chi connectivity index (χ0) is 21.8. The van der Waals surface area contributed by atoms with Crippen LogP contribution in [-0.2, 0) is 4.79 Å². The third-order valence-corrected chi connectivity index (χ3v) is 5.60. The number of piperidine rings is 1. The fourth-order valence-corrected chi connectivity index (χ4v) is 3.86. The molecule has 0 unspecified atom stereocenters. The lowest BCUT2D eigenvalue weighted by Gasteiger charge is -2.32. The van der Waals surface area contributed by atoms with Crippen molar-refractivity contribution in [2.24, 2.45) is 5.92 Å².